The molecular formula is C10H7BrCl2N2O. The first-order valence-electron chi connectivity index (χ1n) is 4.42. The standard InChI is InChI=1S/C10H7BrCl2N2O/c11-6-3-8(12)10(9(13)4-6)15-2-1-7(5-16)14-15/h1-4,16H,5H2. The van der Waals surface area contributed by atoms with Crippen LogP contribution in [0.5, 0.6) is 0 Å². The first-order chi connectivity index (χ1) is 7.61. The smallest absolute Gasteiger partial charge is 0.102 e. The molecule has 0 radical (unpaired) electrons. The van der Waals surface area contributed by atoms with Crippen LogP contribution in [0.15, 0.2) is 28.9 Å². The van der Waals surface area contributed by atoms with Gasteiger partial charge in [-0.1, -0.05) is 39.1 Å². The van der Waals surface area contributed by atoms with Crippen molar-refractivity contribution >= 4 is 39.1 Å². The van der Waals surface area contributed by atoms with Crippen molar-refractivity contribution in [2.24, 2.45) is 0 Å². The Kier molecular flexibility index (Phi) is 3.54. The zero-order valence-electron chi connectivity index (χ0n) is 7.99. The zero-order chi connectivity index (χ0) is 11.7. The Morgan fingerprint density at radius 1 is 1.31 bits per heavy atom. The Morgan fingerprint density at radius 3 is 2.44 bits per heavy atom. The lowest BCUT2D eigenvalue weighted by molar-refractivity contribution is 0.276. The predicted octanol–water partition coefficient (Wildman–Crippen LogP) is 3.43. The first kappa shape index (κ1) is 11.9. The highest BCUT2D eigenvalue weighted by molar-refractivity contribution is 9.10. The van der Waals surface area contributed by atoms with E-state index in [4.69, 9.17) is 28.3 Å². The highest BCUT2D eigenvalue weighted by Gasteiger charge is 2.10. The number of aliphatic hydroxyl groups is 1. The van der Waals surface area contributed by atoms with E-state index >= 15 is 0 Å². The summed E-state index contributed by atoms with van der Waals surface area (Å²) >= 11 is 15.5. The largest absolute Gasteiger partial charge is 0.390 e. The van der Waals surface area contributed by atoms with Gasteiger partial charge in [-0.05, 0) is 18.2 Å². The molecule has 0 aliphatic rings. The van der Waals surface area contributed by atoms with Crippen molar-refractivity contribution in [1.82, 2.24) is 9.78 Å². The molecule has 1 heterocycles. The molecule has 0 saturated carbocycles. The summed E-state index contributed by atoms with van der Waals surface area (Å²) in [6.07, 6.45) is 1.70. The Balaban J connectivity index is 2.55. The highest BCUT2D eigenvalue weighted by Crippen LogP contribution is 2.31. The molecular weight excluding hydrogens is 315 g/mol. The van der Waals surface area contributed by atoms with Gasteiger partial charge < -0.3 is 5.11 Å². The second-order valence-electron chi connectivity index (χ2n) is 3.13. The van der Waals surface area contributed by atoms with Gasteiger partial charge in [-0.25, -0.2) is 4.68 Å². The number of halogens is 3. The number of benzene rings is 1. The number of rotatable bonds is 2. The molecule has 2 rings (SSSR count). The molecule has 0 spiro atoms. The van der Waals surface area contributed by atoms with E-state index in [2.05, 4.69) is 21.0 Å². The molecule has 1 aromatic heterocycles. The molecule has 0 saturated heterocycles. The fourth-order valence-electron chi connectivity index (χ4n) is 1.32. The lowest BCUT2D eigenvalue weighted by Crippen LogP contribution is -1.98. The van der Waals surface area contributed by atoms with Gasteiger partial charge in [0.2, 0.25) is 0 Å². The quantitative estimate of drug-likeness (QED) is 0.920. The van der Waals surface area contributed by atoms with Crippen molar-refractivity contribution in [3.63, 3.8) is 0 Å². The third-order valence-electron chi connectivity index (χ3n) is 2.02. The number of hydrogen-bond acceptors (Lipinski definition) is 2. The number of aromatic nitrogens is 2. The van der Waals surface area contributed by atoms with Crippen molar-refractivity contribution in [2.45, 2.75) is 6.61 Å². The summed E-state index contributed by atoms with van der Waals surface area (Å²) in [6, 6.07) is 5.18. The van der Waals surface area contributed by atoms with E-state index in [1.165, 1.54) is 0 Å². The van der Waals surface area contributed by atoms with Crippen LogP contribution in [0.4, 0.5) is 0 Å². The fraction of sp³-hybridized carbons (Fsp3) is 0.100. The Morgan fingerprint density at radius 2 is 1.94 bits per heavy atom. The molecule has 0 amide bonds. The van der Waals surface area contributed by atoms with Crippen LogP contribution in [-0.2, 0) is 6.61 Å². The fourth-order valence-corrected chi connectivity index (χ4v) is 2.71. The SMILES string of the molecule is OCc1ccn(-c2c(Cl)cc(Br)cc2Cl)n1. The molecule has 2 aromatic rings. The van der Waals surface area contributed by atoms with Gasteiger partial charge in [0.05, 0.1) is 22.3 Å². The van der Waals surface area contributed by atoms with E-state index in [9.17, 15) is 0 Å². The van der Waals surface area contributed by atoms with Crippen LogP contribution in [0.2, 0.25) is 10.0 Å². The van der Waals surface area contributed by atoms with Crippen LogP contribution < -0.4 is 0 Å². The van der Waals surface area contributed by atoms with Crippen LogP contribution in [0.3, 0.4) is 0 Å². The summed E-state index contributed by atoms with van der Waals surface area (Å²) in [5, 5.41) is 14.0. The van der Waals surface area contributed by atoms with Crippen LogP contribution in [0.1, 0.15) is 5.69 Å². The second-order valence-corrected chi connectivity index (χ2v) is 4.86. The monoisotopic (exact) mass is 320 g/mol. The van der Waals surface area contributed by atoms with Gasteiger partial charge in [-0.15, -0.1) is 0 Å². The van der Waals surface area contributed by atoms with Gasteiger partial charge in [0.1, 0.15) is 5.69 Å². The Bertz CT molecular complexity index is 504. The molecule has 6 heteroatoms. The Hall–Kier alpha value is -0.550. The minimum absolute atomic E-state index is 0.112. The average molecular weight is 322 g/mol. The number of hydrogen-bond donors (Lipinski definition) is 1. The summed E-state index contributed by atoms with van der Waals surface area (Å²) in [6.45, 7) is -0.112. The maximum Gasteiger partial charge on any atom is 0.102 e. The van der Waals surface area contributed by atoms with Crippen molar-refractivity contribution in [2.75, 3.05) is 0 Å². The van der Waals surface area contributed by atoms with Gasteiger partial charge in [0.15, 0.2) is 0 Å². The Labute approximate surface area is 111 Å². The van der Waals surface area contributed by atoms with Gasteiger partial charge in [-0.2, -0.15) is 5.10 Å². The van der Waals surface area contributed by atoms with E-state index in [0.717, 1.165) is 4.47 Å². The van der Waals surface area contributed by atoms with Crippen LogP contribution in [0.25, 0.3) is 5.69 Å². The van der Waals surface area contributed by atoms with E-state index in [1.54, 1.807) is 29.1 Å². The van der Waals surface area contributed by atoms with E-state index in [-0.39, 0.29) is 6.61 Å². The number of aliphatic hydroxyl groups excluding tert-OH is 1. The average Bonchev–Trinajstić information content (AvgIpc) is 2.64. The molecule has 16 heavy (non-hydrogen) atoms. The second kappa shape index (κ2) is 4.75. The minimum atomic E-state index is -0.112. The highest BCUT2D eigenvalue weighted by atomic mass is 79.9. The molecule has 0 fully saturated rings. The molecule has 0 bridgehead atoms. The molecule has 1 N–H and O–H groups in total. The van der Waals surface area contributed by atoms with Gasteiger partial charge >= 0.3 is 0 Å². The lowest BCUT2D eigenvalue weighted by Gasteiger charge is -2.07. The van der Waals surface area contributed by atoms with Crippen LogP contribution >= 0.6 is 39.1 Å². The predicted molar refractivity (Wildman–Crippen MR) is 67.2 cm³/mol. The first-order valence-corrected chi connectivity index (χ1v) is 5.97. The molecule has 84 valence electrons. The minimum Gasteiger partial charge on any atom is -0.390 e. The summed E-state index contributed by atoms with van der Waals surface area (Å²) in [4.78, 5) is 0. The van der Waals surface area contributed by atoms with Crippen molar-refractivity contribution in [1.29, 1.82) is 0 Å². The summed E-state index contributed by atoms with van der Waals surface area (Å²) in [5.74, 6) is 0. The molecule has 3 nitrogen and oxygen atoms in total. The summed E-state index contributed by atoms with van der Waals surface area (Å²) in [5.41, 5.74) is 1.17. The van der Waals surface area contributed by atoms with Crippen molar-refractivity contribution < 1.29 is 5.11 Å². The third kappa shape index (κ3) is 2.25. The maximum atomic E-state index is 8.93. The van der Waals surface area contributed by atoms with Crippen LogP contribution in [0, 0.1) is 0 Å². The normalized spacial score (nSPS) is 10.8. The maximum absolute atomic E-state index is 8.93. The van der Waals surface area contributed by atoms with Gasteiger partial charge in [-0.3, -0.25) is 0 Å². The van der Waals surface area contributed by atoms with Crippen molar-refractivity contribution in [3.8, 4) is 5.69 Å². The number of nitrogens with zero attached hydrogens (tertiary/aromatic N) is 2. The third-order valence-corrected chi connectivity index (χ3v) is 3.05. The van der Waals surface area contributed by atoms with E-state index in [1.807, 2.05) is 0 Å². The summed E-state index contributed by atoms with van der Waals surface area (Å²) in [7, 11) is 0. The van der Waals surface area contributed by atoms with E-state index in [0.29, 0.717) is 21.4 Å². The van der Waals surface area contributed by atoms with Gasteiger partial charge in [0, 0.05) is 10.7 Å². The lowest BCUT2D eigenvalue weighted by atomic mass is 10.3. The topological polar surface area (TPSA) is 38.0 Å². The molecule has 0 aliphatic carbocycles. The van der Waals surface area contributed by atoms with Crippen LogP contribution in [-0.4, -0.2) is 14.9 Å². The van der Waals surface area contributed by atoms with Crippen molar-refractivity contribution in [3.05, 3.63) is 44.6 Å². The molecule has 0 aliphatic heterocycles. The molecule has 0 atom stereocenters. The molecule has 1 aromatic carbocycles. The molecule has 0 unspecified atom stereocenters. The van der Waals surface area contributed by atoms with E-state index < -0.39 is 0 Å². The summed E-state index contributed by atoms with van der Waals surface area (Å²) < 4.78 is 2.35. The van der Waals surface area contributed by atoms with Gasteiger partial charge in [0.25, 0.3) is 0 Å². The zero-order valence-corrected chi connectivity index (χ0v) is 11.1.